The van der Waals surface area contributed by atoms with Crippen LogP contribution in [0.15, 0.2) is 0 Å². The summed E-state index contributed by atoms with van der Waals surface area (Å²) in [6, 6.07) is 0. The Bertz CT molecular complexity index is 683. The van der Waals surface area contributed by atoms with Gasteiger partial charge in [0.2, 0.25) is 0 Å². The molecule has 0 spiro atoms. The largest absolute Gasteiger partial charge is 1.00 e. The minimum Gasteiger partial charge on any atom is -0.300 e. The quantitative estimate of drug-likeness (QED) is 0.232. The van der Waals surface area contributed by atoms with Gasteiger partial charge in [0.15, 0.2) is 0 Å². The smallest absolute Gasteiger partial charge is 0.300 e. The van der Waals surface area contributed by atoms with Gasteiger partial charge in [-0.1, -0.05) is 0 Å². The molecule has 3 N–H and O–H groups in total. The van der Waals surface area contributed by atoms with Crippen LogP contribution in [0.3, 0.4) is 0 Å². The average Bonchev–Trinajstić information content (AvgIpc) is 2.32. The predicted octanol–water partition coefficient (Wildman–Crippen LogP) is -5.55. The van der Waals surface area contributed by atoms with Gasteiger partial charge in [0.05, 0.1) is 0 Å². The van der Waals surface area contributed by atoms with Crippen LogP contribution in [0.5, 0.6) is 0 Å². The Labute approximate surface area is 169 Å². The van der Waals surface area contributed by atoms with E-state index in [1.807, 2.05) is 4.90 Å². The van der Waals surface area contributed by atoms with Crippen LogP contribution in [0.2, 0.25) is 0 Å². The van der Waals surface area contributed by atoms with E-state index in [-0.39, 0.29) is 42.6 Å². The number of rotatable bonds is 9. The molecule has 0 unspecified atom stereocenters. The van der Waals surface area contributed by atoms with E-state index in [0.29, 0.717) is 26.2 Å². The second-order valence-corrected chi connectivity index (χ2v) is 9.75. The van der Waals surface area contributed by atoms with Crippen molar-refractivity contribution in [2.75, 3.05) is 56.9 Å². The summed E-state index contributed by atoms with van der Waals surface area (Å²) < 4.78 is 91.6. The maximum absolute atomic E-state index is 10.9. The first-order valence-corrected chi connectivity index (χ1v) is 11.6. The van der Waals surface area contributed by atoms with Gasteiger partial charge in [-0.3, -0.25) is 28.4 Å². The van der Waals surface area contributed by atoms with Crippen LogP contribution < -0.4 is 29.6 Å². The Morgan fingerprint density at radius 3 is 1.48 bits per heavy atom. The summed E-state index contributed by atoms with van der Waals surface area (Å²) in [5.74, 6) is -2.34. The summed E-state index contributed by atoms with van der Waals surface area (Å²) >= 11 is 0. The summed E-state index contributed by atoms with van der Waals surface area (Å²) in [4.78, 5) is 4.23. The van der Waals surface area contributed by atoms with E-state index in [0.717, 1.165) is 4.90 Å². The zero-order valence-corrected chi connectivity index (χ0v) is 18.2. The Morgan fingerprint density at radius 1 is 0.720 bits per heavy atom. The summed E-state index contributed by atoms with van der Waals surface area (Å²) in [6.45, 7) is 1.79. The Kier molecular flexibility index (Phi) is 10.5. The molecule has 0 aromatic rings. The molecule has 1 aliphatic rings. The number of hydrogen-bond donors (Lipinski definition) is 3. The molecule has 0 atom stereocenters. The fraction of sp³-hybridized carbons (Fsp3) is 1.00. The first-order chi connectivity index (χ1) is 10.7. The Balaban J connectivity index is 0.00000576. The van der Waals surface area contributed by atoms with Crippen molar-refractivity contribution in [1.29, 1.82) is 0 Å². The molecule has 0 aromatic carbocycles. The zero-order valence-electron chi connectivity index (χ0n) is 13.7. The van der Waals surface area contributed by atoms with Gasteiger partial charge in [0, 0.05) is 39.3 Å². The molecule has 1 rings (SSSR count). The van der Waals surface area contributed by atoms with Crippen molar-refractivity contribution in [3.05, 3.63) is 0 Å². The first kappa shape index (κ1) is 25.6. The van der Waals surface area contributed by atoms with Crippen molar-refractivity contribution in [1.82, 2.24) is 14.7 Å². The van der Waals surface area contributed by atoms with E-state index in [9.17, 15) is 25.3 Å². The Hall–Kier alpha value is 0.610. The predicted molar refractivity (Wildman–Crippen MR) is 84.0 cm³/mol. The van der Waals surface area contributed by atoms with E-state index in [1.54, 1.807) is 0 Å². The van der Waals surface area contributed by atoms with Crippen LogP contribution in [0, 0.1) is 0 Å². The maximum Gasteiger partial charge on any atom is 1.00 e. The van der Waals surface area contributed by atoms with Gasteiger partial charge in [-0.2, -0.15) is 25.3 Å². The topological polar surface area (TPSA) is 173 Å². The summed E-state index contributed by atoms with van der Waals surface area (Å²) in [7, 11) is -13.0. The van der Waals surface area contributed by atoms with Crippen molar-refractivity contribution in [3.8, 4) is 0 Å². The molecule has 0 aromatic heterocycles. The number of piperazine rings is 1. The molecular weight excluding hydrogens is 413 g/mol. The molecule has 0 bridgehead atoms. The number of hydrogen-bond acceptors (Lipinski definition) is 9. The van der Waals surface area contributed by atoms with Gasteiger partial charge in [-0.15, -0.1) is 0 Å². The third-order valence-electron chi connectivity index (χ3n) is 3.23. The van der Waals surface area contributed by atoms with Crippen LogP contribution in [0.4, 0.5) is 0 Å². The summed E-state index contributed by atoms with van der Waals surface area (Å²) in [5.41, 5.74) is 0. The molecule has 0 radical (unpaired) electrons. The standard InChI is InChI=1S/C9H21N3O9S3.Na/c13-22(14,15)7-11-4-1-10(2-5-11)3-6-12(8-23(16,17)18)9-24(19,20)21;/h1-9H2,(H,13,14,15)(H,16,17,18)(H,19,20,21);/q;+1. The molecule has 0 amide bonds. The molecule has 1 heterocycles. The van der Waals surface area contributed by atoms with Gasteiger partial charge >= 0.3 is 29.6 Å². The molecule has 16 heteroatoms. The van der Waals surface area contributed by atoms with Crippen LogP contribution in [0.1, 0.15) is 0 Å². The molecule has 12 nitrogen and oxygen atoms in total. The van der Waals surface area contributed by atoms with Crippen molar-refractivity contribution in [2.24, 2.45) is 0 Å². The van der Waals surface area contributed by atoms with Crippen molar-refractivity contribution in [2.45, 2.75) is 0 Å². The van der Waals surface area contributed by atoms with Crippen molar-refractivity contribution >= 4 is 30.4 Å². The van der Waals surface area contributed by atoms with Gasteiger partial charge in [-0.05, 0) is 0 Å². The number of nitrogens with zero attached hydrogens (tertiary/aromatic N) is 3. The van der Waals surface area contributed by atoms with E-state index < -0.39 is 48.0 Å². The third kappa shape index (κ3) is 13.4. The van der Waals surface area contributed by atoms with Crippen molar-refractivity contribution in [3.63, 3.8) is 0 Å². The fourth-order valence-electron chi connectivity index (χ4n) is 2.28. The fourth-order valence-corrected chi connectivity index (χ4v) is 4.48. The van der Waals surface area contributed by atoms with Gasteiger partial charge in [-0.25, -0.2) is 0 Å². The zero-order chi connectivity index (χ0) is 18.6. The van der Waals surface area contributed by atoms with E-state index in [2.05, 4.69) is 0 Å². The molecule has 1 fully saturated rings. The normalized spacial score (nSPS) is 18.2. The Morgan fingerprint density at radius 2 is 1.12 bits per heavy atom. The molecule has 1 aliphatic heterocycles. The second-order valence-electron chi connectivity index (χ2n) is 5.49. The molecule has 25 heavy (non-hydrogen) atoms. The SMILES string of the molecule is O=S(=O)(O)CN1CCN(CCN(CS(=O)(=O)O)CS(=O)(=O)O)CC1.[Na+]. The van der Waals surface area contributed by atoms with Crippen molar-refractivity contribution < 1.29 is 68.5 Å². The van der Waals surface area contributed by atoms with Gasteiger partial charge in [0.25, 0.3) is 30.4 Å². The molecule has 144 valence electrons. The van der Waals surface area contributed by atoms with E-state index in [1.165, 1.54) is 4.90 Å². The minimum atomic E-state index is -4.45. The first-order valence-electron chi connectivity index (χ1n) is 6.76. The third-order valence-corrected chi connectivity index (χ3v) is 5.31. The van der Waals surface area contributed by atoms with E-state index in [4.69, 9.17) is 13.7 Å². The summed E-state index contributed by atoms with van der Waals surface area (Å²) in [5, 5.41) is 0. The van der Waals surface area contributed by atoms with Crippen LogP contribution in [0.25, 0.3) is 0 Å². The molecular formula is C9H21N3NaO9S3+. The van der Waals surface area contributed by atoms with Gasteiger partial charge < -0.3 is 0 Å². The summed E-state index contributed by atoms with van der Waals surface area (Å²) in [6.07, 6.45) is 0. The molecule has 1 saturated heterocycles. The second kappa shape index (κ2) is 10.2. The van der Waals surface area contributed by atoms with Gasteiger partial charge in [0.1, 0.15) is 17.6 Å². The minimum absolute atomic E-state index is 0. The average molecular weight is 434 g/mol. The van der Waals surface area contributed by atoms with Crippen LogP contribution in [-0.2, 0) is 30.4 Å². The maximum atomic E-state index is 10.9. The van der Waals surface area contributed by atoms with Crippen LogP contribution in [-0.4, -0.2) is 111 Å². The molecule has 0 saturated carbocycles. The monoisotopic (exact) mass is 434 g/mol. The molecule has 0 aliphatic carbocycles. The van der Waals surface area contributed by atoms with E-state index >= 15 is 0 Å². The van der Waals surface area contributed by atoms with Crippen LogP contribution >= 0.6 is 0 Å².